The average molecular weight is 638 g/mol. The van der Waals surface area contributed by atoms with Gasteiger partial charge in [0.05, 0.1) is 18.7 Å². The average Bonchev–Trinajstić information content (AvgIpc) is 3.57. The van der Waals surface area contributed by atoms with Crippen LogP contribution in [-0.4, -0.2) is 75.7 Å². The number of likely N-dealkylation sites (tertiary alicyclic amines) is 1. The van der Waals surface area contributed by atoms with Gasteiger partial charge in [-0.25, -0.2) is 4.79 Å². The molecule has 2 amide bonds. The number of hydrogen-bond donors (Lipinski definition) is 4. The molecule has 2 aliphatic rings. The van der Waals surface area contributed by atoms with Crippen LogP contribution in [0.15, 0.2) is 48.5 Å². The molecule has 2 aromatic rings. The van der Waals surface area contributed by atoms with Gasteiger partial charge < -0.3 is 25.2 Å². The van der Waals surface area contributed by atoms with Crippen molar-refractivity contribution >= 4 is 18.0 Å². The summed E-state index contributed by atoms with van der Waals surface area (Å²) in [5, 5.41) is 25.8. The molecule has 4 rings (SSSR count). The number of aliphatic hydroxyl groups is 1. The molecule has 4 N–H and O–H groups in total. The molecule has 0 aliphatic carbocycles. The molecule has 0 bridgehead atoms. The van der Waals surface area contributed by atoms with Gasteiger partial charge >= 0.3 is 12.1 Å². The largest absolute Gasteiger partial charge is 0.480 e. The molecule has 2 aromatic carbocycles. The standard InChI is InChI=1S/C35H48N4O7/c1-34(2)27-17-15-24(21-28(27)35(3,4)39(34)45)16-18-30(32(42)43)37-29(31(41)38-20-10-13-26(38)22-40)14-8-9-19-36-33(44)46-23-25-11-6-5-7-12-25/h5-7,11-12,15,17,21,26,29-30,37,40H,8-10,13-14,16,18-20,22-23H2,1-4H3,(H-,36,42,43,44)/p+1/t26-,29-,30-/m0/s1. The quantitative estimate of drug-likeness (QED) is 0.166. The summed E-state index contributed by atoms with van der Waals surface area (Å²) in [6, 6.07) is 13.3. The van der Waals surface area contributed by atoms with Crippen molar-refractivity contribution in [3.05, 3.63) is 75.7 Å². The Hall–Kier alpha value is -3.83. The van der Waals surface area contributed by atoms with Gasteiger partial charge in [-0.15, -0.1) is 0 Å². The Bertz CT molecular complexity index is 1390. The summed E-state index contributed by atoms with van der Waals surface area (Å²) in [5.74, 6) is -1.26. The van der Waals surface area contributed by atoms with Crippen LogP contribution in [0.2, 0.25) is 0 Å². The molecule has 0 radical (unpaired) electrons. The Morgan fingerprint density at radius 1 is 0.978 bits per heavy atom. The molecular formula is C35H49N4O7+. The van der Waals surface area contributed by atoms with E-state index in [0.29, 0.717) is 45.2 Å². The maximum absolute atomic E-state index is 13.7. The molecule has 0 aromatic heterocycles. The van der Waals surface area contributed by atoms with Gasteiger partial charge in [-0.05, 0) is 62.1 Å². The highest BCUT2D eigenvalue weighted by molar-refractivity contribution is 5.83. The second kappa shape index (κ2) is 15.2. The maximum Gasteiger partial charge on any atom is 0.407 e. The van der Waals surface area contributed by atoms with Crippen molar-refractivity contribution in [3.8, 4) is 0 Å². The van der Waals surface area contributed by atoms with Gasteiger partial charge in [0.1, 0.15) is 12.6 Å². The first kappa shape index (κ1) is 35.0. The minimum atomic E-state index is -1.05. The number of nitrogens with zero attached hydrogens (tertiary/aromatic N) is 2. The summed E-state index contributed by atoms with van der Waals surface area (Å²) >= 11 is 0. The zero-order valence-corrected chi connectivity index (χ0v) is 27.5. The van der Waals surface area contributed by atoms with Gasteiger partial charge in [-0.1, -0.05) is 42.5 Å². The predicted octanol–water partition coefficient (Wildman–Crippen LogP) is 4.37. The van der Waals surface area contributed by atoms with E-state index in [0.717, 1.165) is 33.4 Å². The fourth-order valence-electron chi connectivity index (χ4n) is 6.77. The van der Waals surface area contributed by atoms with Crippen molar-refractivity contribution in [2.45, 2.75) is 108 Å². The molecule has 0 spiro atoms. The third kappa shape index (κ3) is 8.11. The molecule has 3 atom stereocenters. The minimum Gasteiger partial charge on any atom is -0.480 e. The highest BCUT2D eigenvalue weighted by Gasteiger charge is 2.58. The fraction of sp³-hybridized carbons (Fsp3) is 0.571. The molecule has 11 heteroatoms. The van der Waals surface area contributed by atoms with Gasteiger partial charge in [0.2, 0.25) is 17.0 Å². The van der Waals surface area contributed by atoms with Gasteiger partial charge in [0.15, 0.2) is 0 Å². The number of aliphatic carboxylic acids is 1. The third-order valence-corrected chi connectivity index (χ3v) is 9.41. The Morgan fingerprint density at radius 2 is 1.70 bits per heavy atom. The van der Waals surface area contributed by atoms with Crippen LogP contribution in [0.25, 0.3) is 0 Å². The minimum absolute atomic E-state index is 0.137. The van der Waals surface area contributed by atoms with Crippen molar-refractivity contribution in [2.75, 3.05) is 19.7 Å². The summed E-state index contributed by atoms with van der Waals surface area (Å²) in [7, 11) is 0. The number of ether oxygens (including phenoxy) is 1. The van der Waals surface area contributed by atoms with Crippen molar-refractivity contribution in [2.24, 2.45) is 0 Å². The first-order valence-corrected chi connectivity index (χ1v) is 16.3. The van der Waals surface area contributed by atoms with E-state index in [2.05, 4.69) is 10.6 Å². The molecule has 0 unspecified atom stereocenters. The maximum atomic E-state index is 13.7. The summed E-state index contributed by atoms with van der Waals surface area (Å²) in [6.07, 6.45) is 3.18. The number of rotatable bonds is 15. The SMILES string of the molecule is CC1(C)c2ccc(CC[C@H](N[C@@H](CCCCNC(=O)OCc3ccccc3)C(=O)N3CCC[C@H]3CO)C(=O)O)cc2C(C)(C)[N+]1=O. The van der Waals surface area contributed by atoms with E-state index < -0.39 is 35.2 Å². The lowest BCUT2D eigenvalue weighted by atomic mass is 9.88. The smallest absolute Gasteiger partial charge is 0.407 e. The van der Waals surface area contributed by atoms with E-state index in [1.807, 2.05) is 76.2 Å². The van der Waals surface area contributed by atoms with Crippen molar-refractivity contribution in [1.82, 2.24) is 15.5 Å². The second-order valence-corrected chi connectivity index (χ2v) is 13.4. The number of unbranched alkanes of at least 4 members (excludes halogenated alkanes) is 1. The number of nitrogens with one attached hydrogen (secondary N) is 2. The number of carboxylic acids is 1. The lowest BCUT2D eigenvalue weighted by molar-refractivity contribution is -0.685. The van der Waals surface area contributed by atoms with E-state index in [1.54, 1.807) is 4.90 Å². The van der Waals surface area contributed by atoms with Crippen molar-refractivity contribution < 1.29 is 34.1 Å². The molecule has 250 valence electrons. The summed E-state index contributed by atoms with van der Waals surface area (Å²) in [6.45, 7) is 8.52. The molecule has 0 saturated carbocycles. The molecule has 11 nitrogen and oxygen atoms in total. The van der Waals surface area contributed by atoms with Crippen LogP contribution >= 0.6 is 0 Å². The zero-order valence-electron chi connectivity index (χ0n) is 27.5. The monoisotopic (exact) mass is 637 g/mol. The number of aryl methyl sites for hydroxylation is 1. The summed E-state index contributed by atoms with van der Waals surface area (Å²) in [4.78, 5) is 52.9. The van der Waals surface area contributed by atoms with Crippen molar-refractivity contribution in [3.63, 3.8) is 0 Å². The molecule has 46 heavy (non-hydrogen) atoms. The Morgan fingerprint density at radius 3 is 2.39 bits per heavy atom. The number of nitroso groups, excluding NO2 is 1. The van der Waals surface area contributed by atoms with Crippen LogP contribution in [0.5, 0.6) is 0 Å². The van der Waals surface area contributed by atoms with Crippen LogP contribution < -0.4 is 10.6 Å². The highest BCUT2D eigenvalue weighted by Crippen LogP contribution is 2.46. The molecule has 2 heterocycles. The lowest BCUT2D eigenvalue weighted by Gasteiger charge is -2.30. The number of fused-ring (bicyclic) bond motifs is 1. The van der Waals surface area contributed by atoms with E-state index in [-0.39, 0.29) is 31.6 Å². The van der Waals surface area contributed by atoms with Crippen LogP contribution in [0, 0.1) is 4.91 Å². The van der Waals surface area contributed by atoms with Gasteiger partial charge in [0, 0.05) is 61.6 Å². The van der Waals surface area contributed by atoms with E-state index in [4.69, 9.17) is 4.74 Å². The van der Waals surface area contributed by atoms with E-state index in [1.165, 1.54) is 0 Å². The topological polar surface area (TPSA) is 148 Å². The summed E-state index contributed by atoms with van der Waals surface area (Å²) < 4.78 is 6.37. The Kier molecular flexibility index (Phi) is 11.6. The number of amides is 2. The second-order valence-electron chi connectivity index (χ2n) is 13.4. The number of hydrogen-bond acceptors (Lipinski definition) is 7. The number of benzene rings is 2. The number of carboxylic acid groups (broad SMARTS) is 1. The number of aliphatic hydroxyl groups excluding tert-OH is 1. The van der Waals surface area contributed by atoms with Crippen LogP contribution in [0.3, 0.4) is 0 Å². The van der Waals surface area contributed by atoms with Crippen molar-refractivity contribution in [1.29, 1.82) is 0 Å². The number of alkyl carbamates (subject to hydrolysis) is 1. The number of carbonyl (C=O) groups is 3. The Labute approximate surface area is 271 Å². The highest BCUT2D eigenvalue weighted by atomic mass is 16.5. The van der Waals surface area contributed by atoms with E-state index in [9.17, 15) is 29.5 Å². The van der Waals surface area contributed by atoms with Gasteiger partial charge in [-0.2, -0.15) is 0 Å². The molecular weight excluding hydrogens is 588 g/mol. The van der Waals surface area contributed by atoms with Gasteiger partial charge in [-0.3, -0.25) is 14.9 Å². The zero-order chi connectivity index (χ0) is 33.5. The molecule has 1 fully saturated rings. The molecule has 1 saturated heterocycles. The van der Waals surface area contributed by atoms with Crippen LogP contribution in [0.4, 0.5) is 4.79 Å². The normalized spacial score (nSPS) is 19.4. The third-order valence-electron chi connectivity index (χ3n) is 9.41. The fourth-order valence-corrected chi connectivity index (χ4v) is 6.77. The molecule has 2 aliphatic heterocycles. The lowest BCUT2D eigenvalue weighted by Crippen LogP contribution is -2.53. The van der Waals surface area contributed by atoms with Gasteiger partial charge in [0.25, 0.3) is 0 Å². The first-order chi connectivity index (χ1) is 21.9. The van der Waals surface area contributed by atoms with Crippen LogP contribution in [0.1, 0.15) is 88.5 Å². The van der Waals surface area contributed by atoms with Crippen LogP contribution in [-0.2, 0) is 38.4 Å². The Balaban J connectivity index is 1.36. The van der Waals surface area contributed by atoms with E-state index >= 15 is 0 Å². The summed E-state index contributed by atoms with van der Waals surface area (Å²) in [5.41, 5.74) is 2.37. The first-order valence-electron chi connectivity index (χ1n) is 16.3. The number of carbonyl (C=O) groups excluding carboxylic acids is 2. The predicted molar refractivity (Wildman–Crippen MR) is 173 cm³/mol.